The molecule has 124 valence electrons. The molecule has 1 aromatic rings. The zero-order chi connectivity index (χ0) is 16.6. The molecule has 0 bridgehead atoms. The number of carbonyl (C=O) groups excluding carboxylic acids is 1. The summed E-state index contributed by atoms with van der Waals surface area (Å²) in [6, 6.07) is 6.72. The molecule has 0 saturated carbocycles. The molecule has 0 aliphatic carbocycles. The number of hydrogen-bond donors (Lipinski definition) is 1. The highest BCUT2D eigenvalue weighted by Gasteiger charge is 2.17. The maximum Gasteiger partial charge on any atom is 0.225 e. The Balaban J connectivity index is 2.49. The van der Waals surface area contributed by atoms with E-state index in [0.717, 1.165) is 6.26 Å². The first kappa shape index (κ1) is 18.9. The van der Waals surface area contributed by atoms with Gasteiger partial charge in [-0.25, -0.2) is 12.7 Å². The lowest BCUT2D eigenvalue weighted by atomic mass is 10.3. The predicted molar refractivity (Wildman–Crippen MR) is 87.6 cm³/mol. The molecule has 1 amide bonds. The van der Waals surface area contributed by atoms with E-state index in [0.29, 0.717) is 30.3 Å². The summed E-state index contributed by atoms with van der Waals surface area (Å²) < 4.78 is 29.5. The van der Waals surface area contributed by atoms with Crippen LogP contribution in [-0.2, 0) is 19.6 Å². The van der Waals surface area contributed by atoms with Gasteiger partial charge in [0.25, 0.3) is 0 Å². The predicted octanol–water partition coefficient (Wildman–Crippen LogP) is 1.97. The number of benzene rings is 1. The van der Waals surface area contributed by atoms with Gasteiger partial charge in [0, 0.05) is 43.9 Å². The SMILES string of the molecule is COCCCN(CCC(=O)Nc1ccc(Cl)cc1)S(C)(=O)=O. The van der Waals surface area contributed by atoms with Crippen molar-refractivity contribution in [1.29, 1.82) is 0 Å². The molecule has 0 radical (unpaired) electrons. The number of anilines is 1. The van der Waals surface area contributed by atoms with E-state index in [2.05, 4.69) is 5.32 Å². The molecule has 1 rings (SSSR count). The minimum atomic E-state index is -3.34. The Bertz CT molecular complexity index is 575. The number of amides is 1. The molecular weight excluding hydrogens is 328 g/mol. The Morgan fingerprint density at radius 1 is 1.27 bits per heavy atom. The van der Waals surface area contributed by atoms with Crippen LogP contribution in [0.3, 0.4) is 0 Å². The Morgan fingerprint density at radius 3 is 2.45 bits per heavy atom. The minimum Gasteiger partial charge on any atom is -0.385 e. The third kappa shape index (κ3) is 7.22. The lowest BCUT2D eigenvalue weighted by Crippen LogP contribution is -2.34. The monoisotopic (exact) mass is 348 g/mol. The second-order valence-electron chi connectivity index (χ2n) is 4.81. The lowest BCUT2D eigenvalue weighted by molar-refractivity contribution is -0.116. The summed E-state index contributed by atoms with van der Waals surface area (Å²) in [6.45, 7) is 0.950. The van der Waals surface area contributed by atoms with Crippen LogP contribution in [0.2, 0.25) is 5.02 Å². The second kappa shape index (κ2) is 9.09. The van der Waals surface area contributed by atoms with Crippen molar-refractivity contribution in [3.8, 4) is 0 Å². The Morgan fingerprint density at radius 2 is 1.91 bits per heavy atom. The van der Waals surface area contributed by atoms with Gasteiger partial charge in [-0.3, -0.25) is 4.79 Å². The van der Waals surface area contributed by atoms with E-state index in [4.69, 9.17) is 16.3 Å². The van der Waals surface area contributed by atoms with Gasteiger partial charge in [0.05, 0.1) is 6.26 Å². The van der Waals surface area contributed by atoms with Crippen molar-refractivity contribution in [2.45, 2.75) is 12.8 Å². The molecule has 1 N–H and O–H groups in total. The molecule has 6 nitrogen and oxygen atoms in total. The van der Waals surface area contributed by atoms with Gasteiger partial charge in [-0.15, -0.1) is 0 Å². The average molecular weight is 349 g/mol. The largest absolute Gasteiger partial charge is 0.385 e. The van der Waals surface area contributed by atoms with Crippen LogP contribution in [-0.4, -0.2) is 51.7 Å². The third-order valence-corrected chi connectivity index (χ3v) is 4.50. The highest BCUT2D eigenvalue weighted by atomic mass is 35.5. The highest BCUT2D eigenvalue weighted by Crippen LogP contribution is 2.13. The van der Waals surface area contributed by atoms with Crippen molar-refractivity contribution in [3.63, 3.8) is 0 Å². The normalized spacial score (nSPS) is 11.6. The third-order valence-electron chi connectivity index (χ3n) is 2.94. The van der Waals surface area contributed by atoms with Crippen LogP contribution in [0, 0.1) is 0 Å². The number of carbonyl (C=O) groups is 1. The fraction of sp³-hybridized carbons (Fsp3) is 0.500. The summed E-state index contributed by atoms with van der Waals surface area (Å²) in [5, 5.41) is 3.28. The van der Waals surface area contributed by atoms with Crippen LogP contribution in [0.4, 0.5) is 5.69 Å². The van der Waals surface area contributed by atoms with Crippen LogP contribution in [0.5, 0.6) is 0 Å². The van der Waals surface area contributed by atoms with E-state index in [9.17, 15) is 13.2 Å². The minimum absolute atomic E-state index is 0.0860. The lowest BCUT2D eigenvalue weighted by Gasteiger charge is -2.19. The number of nitrogens with one attached hydrogen (secondary N) is 1. The van der Waals surface area contributed by atoms with Crippen LogP contribution >= 0.6 is 11.6 Å². The molecule has 0 aromatic heterocycles. The number of rotatable bonds is 9. The van der Waals surface area contributed by atoms with Gasteiger partial charge in [0.1, 0.15) is 0 Å². The van der Waals surface area contributed by atoms with Gasteiger partial charge >= 0.3 is 0 Å². The van der Waals surface area contributed by atoms with Crippen LogP contribution < -0.4 is 5.32 Å². The molecule has 0 saturated heterocycles. The van der Waals surface area contributed by atoms with Crippen molar-refractivity contribution in [2.75, 3.05) is 38.4 Å². The van der Waals surface area contributed by atoms with Gasteiger partial charge < -0.3 is 10.1 Å². The van der Waals surface area contributed by atoms with E-state index in [1.54, 1.807) is 31.4 Å². The smallest absolute Gasteiger partial charge is 0.225 e. The van der Waals surface area contributed by atoms with Crippen LogP contribution in [0.1, 0.15) is 12.8 Å². The summed E-state index contributed by atoms with van der Waals surface area (Å²) in [7, 11) is -1.78. The van der Waals surface area contributed by atoms with Crippen molar-refractivity contribution in [3.05, 3.63) is 29.3 Å². The topological polar surface area (TPSA) is 75.7 Å². The number of ether oxygens (including phenoxy) is 1. The first-order valence-corrected chi connectivity index (χ1v) is 9.05. The standard InChI is InChI=1S/C14H21ClN2O4S/c1-21-11-3-9-17(22(2,19)20)10-8-14(18)16-13-6-4-12(15)5-7-13/h4-7H,3,8-11H2,1-2H3,(H,16,18). The number of sulfonamides is 1. The average Bonchev–Trinajstić information content (AvgIpc) is 2.44. The molecule has 0 fully saturated rings. The fourth-order valence-electron chi connectivity index (χ4n) is 1.81. The molecule has 1 aromatic carbocycles. The molecule has 0 unspecified atom stereocenters. The number of hydrogen-bond acceptors (Lipinski definition) is 4. The van der Waals surface area contributed by atoms with Gasteiger partial charge in [0.2, 0.25) is 15.9 Å². The van der Waals surface area contributed by atoms with Crippen LogP contribution in [0.15, 0.2) is 24.3 Å². The number of nitrogens with zero attached hydrogens (tertiary/aromatic N) is 1. The zero-order valence-electron chi connectivity index (χ0n) is 12.7. The van der Waals surface area contributed by atoms with Crippen molar-refractivity contribution in [1.82, 2.24) is 4.31 Å². The van der Waals surface area contributed by atoms with Gasteiger partial charge in [-0.1, -0.05) is 11.6 Å². The Hall–Kier alpha value is -1.15. The first-order valence-electron chi connectivity index (χ1n) is 6.82. The molecule has 0 aliphatic heterocycles. The highest BCUT2D eigenvalue weighted by molar-refractivity contribution is 7.88. The van der Waals surface area contributed by atoms with Crippen molar-refractivity contribution < 1.29 is 17.9 Å². The Kier molecular flexibility index (Phi) is 7.81. The molecule has 22 heavy (non-hydrogen) atoms. The van der Waals surface area contributed by atoms with Gasteiger partial charge in [-0.05, 0) is 30.7 Å². The second-order valence-corrected chi connectivity index (χ2v) is 7.23. The van der Waals surface area contributed by atoms with E-state index >= 15 is 0 Å². The quantitative estimate of drug-likeness (QED) is 0.692. The molecule has 0 spiro atoms. The fourth-order valence-corrected chi connectivity index (χ4v) is 2.82. The molecular formula is C14H21ClN2O4S. The summed E-state index contributed by atoms with van der Waals surface area (Å²) in [5.74, 6) is -0.247. The summed E-state index contributed by atoms with van der Waals surface area (Å²) in [5.41, 5.74) is 0.625. The van der Waals surface area contributed by atoms with E-state index < -0.39 is 10.0 Å². The summed E-state index contributed by atoms with van der Waals surface area (Å²) in [4.78, 5) is 11.9. The van der Waals surface area contributed by atoms with Crippen molar-refractivity contribution in [2.24, 2.45) is 0 Å². The first-order chi connectivity index (χ1) is 10.3. The number of halogens is 1. The van der Waals surface area contributed by atoms with E-state index in [1.165, 1.54) is 4.31 Å². The molecule has 8 heteroatoms. The molecule has 0 atom stereocenters. The Labute approximate surface area is 136 Å². The van der Waals surface area contributed by atoms with Crippen LogP contribution in [0.25, 0.3) is 0 Å². The maximum absolute atomic E-state index is 11.9. The molecule has 0 heterocycles. The zero-order valence-corrected chi connectivity index (χ0v) is 14.3. The van der Waals surface area contributed by atoms with E-state index in [1.807, 2.05) is 0 Å². The van der Waals surface area contributed by atoms with E-state index in [-0.39, 0.29) is 18.9 Å². The number of methoxy groups -OCH3 is 1. The van der Waals surface area contributed by atoms with Gasteiger partial charge in [0.15, 0.2) is 0 Å². The van der Waals surface area contributed by atoms with Gasteiger partial charge in [-0.2, -0.15) is 0 Å². The summed E-state index contributed by atoms with van der Waals surface area (Å²) in [6.07, 6.45) is 1.81. The summed E-state index contributed by atoms with van der Waals surface area (Å²) >= 11 is 5.77. The van der Waals surface area contributed by atoms with Crippen molar-refractivity contribution >= 4 is 33.2 Å². The molecule has 0 aliphatic rings. The maximum atomic E-state index is 11.9.